The monoisotopic (exact) mass is 754 g/mol. The lowest BCUT2D eigenvalue weighted by Gasteiger charge is -2.43. The number of benzene rings is 2. The van der Waals surface area contributed by atoms with Crippen LogP contribution in [-0.4, -0.2) is 62.9 Å². The van der Waals surface area contributed by atoms with Gasteiger partial charge in [0.05, 0.1) is 18.3 Å². The summed E-state index contributed by atoms with van der Waals surface area (Å²) < 4.78 is 83.5. The second kappa shape index (κ2) is 16.2. The maximum Gasteiger partial charge on any atom is 0.471 e. The van der Waals surface area contributed by atoms with Gasteiger partial charge < -0.3 is 18.6 Å². The van der Waals surface area contributed by atoms with Gasteiger partial charge in [-0.25, -0.2) is 9.18 Å². The Labute approximate surface area is 306 Å². The number of ether oxygens (including phenoxy) is 3. The molecular weight excluding hydrogens is 701 g/mol. The predicted octanol–water partition coefficient (Wildman–Crippen LogP) is 9.50. The molecule has 1 atom stereocenters. The Hall–Kier alpha value is -3.65. The molecule has 2 aromatic carbocycles. The molecule has 0 bridgehead atoms. The minimum Gasteiger partial charge on any atom is -0.487 e. The fourth-order valence-electron chi connectivity index (χ4n) is 7.01. The number of esters is 1. The molecule has 9 nitrogen and oxygen atoms in total. The molecule has 0 aliphatic carbocycles. The Balaban J connectivity index is 2.29. The summed E-state index contributed by atoms with van der Waals surface area (Å²) in [5, 5.41) is 0. The quantitative estimate of drug-likeness (QED) is 0.121. The maximum absolute atomic E-state index is 17.1. The fraction of sp³-hybridized carbons (Fsp3) is 0.605. The average molecular weight is 755 g/mol. The zero-order chi connectivity index (χ0) is 39.6. The van der Waals surface area contributed by atoms with Crippen LogP contribution < -0.4 is 14.5 Å². The highest BCUT2D eigenvalue weighted by Crippen LogP contribution is 2.47. The first kappa shape index (κ1) is 42.8. The molecule has 3 rings (SSSR count). The molecule has 52 heavy (non-hydrogen) atoms. The lowest BCUT2D eigenvalue weighted by Crippen LogP contribution is -2.51. The largest absolute Gasteiger partial charge is 0.487 e. The average Bonchev–Trinajstić information content (AvgIpc) is 3.35. The molecule has 2 aromatic rings. The number of hydrogen-bond donors (Lipinski definition) is 0. The van der Waals surface area contributed by atoms with E-state index in [0.717, 1.165) is 0 Å². The summed E-state index contributed by atoms with van der Waals surface area (Å²) in [7, 11) is -2.51. The first-order valence-corrected chi connectivity index (χ1v) is 19.7. The summed E-state index contributed by atoms with van der Waals surface area (Å²) in [6, 6.07) is 8.98. The Kier molecular flexibility index (Phi) is 13.3. The SMILES string of the molecule is CC(C)[Si](OC[C@H]1Cc2c(cc(OCc3ccccc3)c(N(CC(=O)OC(C)(C)C)C(=O)C(F)(F)F)c2F)N1C(=O)OC(C)(C)C)(C(C)C)C(C)C. The van der Waals surface area contributed by atoms with Crippen molar-refractivity contribution in [3.05, 3.63) is 53.3 Å². The van der Waals surface area contributed by atoms with Crippen LogP contribution in [0.25, 0.3) is 0 Å². The van der Waals surface area contributed by atoms with Crippen LogP contribution in [-0.2, 0) is 36.5 Å². The standard InChI is InChI=1S/C38H54F4N2O7Si/c1-23(2)52(24(3)4,25(5)6)49-22-27-18-28-29(44(27)35(47)51-37(10,11)12)19-30(48-21-26-16-14-13-15-17-26)33(32(28)39)43(34(46)38(40,41)42)20-31(45)50-36(7,8)9/h13-17,19,23-25,27H,18,20-22H2,1-12H3/t27-/m1/s1. The van der Waals surface area contributed by atoms with Gasteiger partial charge in [-0.15, -0.1) is 0 Å². The second-order valence-electron chi connectivity index (χ2n) is 16.1. The second-order valence-corrected chi connectivity index (χ2v) is 21.6. The molecule has 0 fully saturated rings. The summed E-state index contributed by atoms with van der Waals surface area (Å²) in [6.45, 7) is 20.6. The van der Waals surface area contributed by atoms with Crippen molar-refractivity contribution in [1.29, 1.82) is 0 Å². The van der Waals surface area contributed by atoms with Crippen LogP contribution in [0.3, 0.4) is 0 Å². The van der Waals surface area contributed by atoms with Crippen LogP contribution in [0.15, 0.2) is 36.4 Å². The van der Waals surface area contributed by atoms with Gasteiger partial charge in [0, 0.05) is 18.1 Å². The highest BCUT2D eigenvalue weighted by atomic mass is 28.4. The topological polar surface area (TPSA) is 94.6 Å². The van der Waals surface area contributed by atoms with Gasteiger partial charge in [0.1, 0.15) is 35.8 Å². The molecule has 0 aromatic heterocycles. The van der Waals surface area contributed by atoms with Crippen LogP contribution in [0.5, 0.6) is 5.75 Å². The van der Waals surface area contributed by atoms with Crippen molar-refractivity contribution in [2.75, 3.05) is 23.0 Å². The molecule has 0 radical (unpaired) electrons. The lowest BCUT2D eigenvalue weighted by molar-refractivity contribution is -0.171. The number of amides is 2. The van der Waals surface area contributed by atoms with Gasteiger partial charge in [-0.2, -0.15) is 13.2 Å². The smallest absolute Gasteiger partial charge is 0.471 e. The fourth-order valence-corrected chi connectivity index (χ4v) is 12.5. The lowest BCUT2D eigenvalue weighted by atomic mass is 10.1. The van der Waals surface area contributed by atoms with Crippen molar-refractivity contribution in [2.24, 2.45) is 0 Å². The molecule has 1 heterocycles. The third-order valence-electron chi connectivity index (χ3n) is 8.87. The molecule has 0 saturated carbocycles. The molecule has 0 N–H and O–H groups in total. The Morgan fingerprint density at radius 3 is 1.90 bits per heavy atom. The van der Waals surface area contributed by atoms with Gasteiger partial charge in [0.2, 0.25) is 0 Å². The van der Waals surface area contributed by atoms with E-state index >= 15 is 4.39 Å². The normalized spacial score (nSPS) is 15.3. The van der Waals surface area contributed by atoms with E-state index in [-0.39, 0.29) is 52.4 Å². The summed E-state index contributed by atoms with van der Waals surface area (Å²) in [5.41, 5.74) is -1.99. The first-order valence-electron chi connectivity index (χ1n) is 17.6. The van der Waals surface area contributed by atoms with Gasteiger partial charge in [-0.1, -0.05) is 71.9 Å². The summed E-state index contributed by atoms with van der Waals surface area (Å²) in [6.07, 6.45) is -6.49. The predicted molar refractivity (Wildman–Crippen MR) is 195 cm³/mol. The highest BCUT2D eigenvalue weighted by molar-refractivity contribution is 6.77. The minimum absolute atomic E-state index is 0.000116. The third kappa shape index (κ3) is 10.1. The molecule has 1 aliphatic heterocycles. The van der Waals surface area contributed by atoms with E-state index in [2.05, 4.69) is 41.5 Å². The van der Waals surface area contributed by atoms with Crippen molar-refractivity contribution in [1.82, 2.24) is 0 Å². The van der Waals surface area contributed by atoms with E-state index in [1.165, 1.54) is 31.7 Å². The van der Waals surface area contributed by atoms with Gasteiger partial charge in [0.15, 0.2) is 14.1 Å². The summed E-state index contributed by atoms with van der Waals surface area (Å²) in [4.78, 5) is 41.1. The highest BCUT2D eigenvalue weighted by Gasteiger charge is 2.49. The van der Waals surface area contributed by atoms with Crippen molar-refractivity contribution < 1.29 is 50.6 Å². The van der Waals surface area contributed by atoms with E-state index in [9.17, 15) is 27.6 Å². The molecule has 14 heteroatoms. The third-order valence-corrected chi connectivity index (χ3v) is 15.0. The number of carbonyl (C=O) groups is 3. The molecule has 0 saturated heterocycles. The van der Waals surface area contributed by atoms with E-state index < -0.39 is 73.5 Å². The van der Waals surface area contributed by atoms with Gasteiger partial charge in [-0.05, 0) is 63.7 Å². The zero-order valence-electron chi connectivity index (χ0n) is 32.4. The van der Waals surface area contributed by atoms with Crippen LogP contribution in [0.2, 0.25) is 16.6 Å². The molecule has 1 aliphatic rings. The molecule has 290 valence electrons. The van der Waals surface area contributed by atoms with Crippen molar-refractivity contribution in [2.45, 2.75) is 136 Å². The summed E-state index contributed by atoms with van der Waals surface area (Å²) >= 11 is 0. The number of halogens is 4. The zero-order valence-corrected chi connectivity index (χ0v) is 33.4. The number of hydrogen-bond acceptors (Lipinski definition) is 7. The van der Waals surface area contributed by atoms with Crippen LogP contribution >= 0.6 is 0 Å². The van der Waals surface area contributed by atoms with E-state index in [1.807, 2.05) is 0 Å². The van der Waals surface area contributed by atoms with Crippen molar-refractivity contribution in [3.63, 3.8) is 0 Å². The molecule has 2 amide bonds. The van der Waals surface area contributed by atoms with Gasteiger partial charge in [-0.3, -0.25) is 19.4 Å². The van der Waals surface area contributed by atoms with E-state index in [0.29, 0.717) is 5.56 Å². The van der Waals surface area contributed by atoms with E-state index in [4.69, 9.17) is 18.6 Å². The molecular formula is C38H54F4N2O7Si. The first-order chi connectivity index (χ1) is 23.8. The van der Waals surface area contributed by atoms with Crippen LogP contribution in [0, 0.1) is 5.82 Å². The van der Waals surface area contributed by atoms with Gasteiger partial charge >= 0.3 is 24.1 Å². The van der Waals surface area contributed by atoms with Crippen molar-refractivity contribution in [3.8, 4) is 5.75 Å². The number of anilines is 2. The minimum atomic E-state index is -5.50. The van der Waals surface area contributed by atoms with E-state index in [1.54, 1.807) is 51.1 Å². The Morgan fingerprint density at radius 2 is 1.42 bits per heavy atom. The molecule has 0 unspecified atom stereocenters. The number of rotatable bonds is 12. The Bertz CT molecular complexity index is 1560. The van der Waals surface area contributed by atoms with Crippen molar-refractivity contribution >= 4 is 37.7 Å². The van der Waals surface area contributed by atoms with Gasteiger partial charge in [0.25, 0.3) is 0 Å². The summed E-state index contributed by atoms with van der Waals surface area (Å²) in [5.74, 6) is -5.44. The number of fused-ring (bicyclic) bond motifs is 1. The van der Waals surface area contributed by atoms with Crippen LogP contribution in [0.4, 0.5) is 33.7 Å². The number of alkyl halides is 3. The van der Waals surface area contributed by atoms with Crippen LogP contribution in [0.1, 0.15) is 94.2 Å². The Morgan fingerprint density at radius 1 is 0.885 bits per heavy atom. The molecule has 0 spiro atoms. The maximum atomic E-state index is 17.1. The number of carbonyl (C=O) groups excluding carboxylic acids is 3. The number of nitrogens with zero attached hydrogens (tertiary/aromatic N) is 2.